The van der Waals surface area contributed by atoms with Gasteiger partial charge in [0.25, 0.3) is 0 Å². The molecule has 32 heavy (non-hydrogen) atoms. The third-order valence-corrected chi connectivity index (χ3v) is 6.22. The first kappa shape index (κ1) is 23.6. The number of aliphatic carboxylic acids is 1. The number of hydrogen-bond donors (Lipinski definition) is 2. The molecule has 2 aromatic rings. The van der Waals surface area contributed by atoms with Crippen molar-refractivity contribution in [2.75, 3.05) is 12.4 Å². The van der Waals surface area contributed by atoms with E-state index in [9.17, 15) is 22.8 Å². The van der Waals surface area contributed by atoms with Crippen LogP contribution in [0.5, 0.6) is 0 Å². The maximum Gasteiger partial charge on any atom is 0.413 e. The molecular weight excluding hydrogens is 421 g/mol. The second-order valence-corrected chi connectivity index (χ2v) is 8.74. The van der Waals surface area contributed by atoms with Crippen molar-refractivity contribution in [1.82, 2.24) is 4.90 Å². The van der Waals surface area contributed by atoms with Crippen LogP contribution in [0.2, 0.25) is 0 Å². The van der Waals surface area contributed by atoms with Crippen molar-refractivity contribution in [1.29, 1.82) is 0 Å². The van der Waals surface area contributed by atoms with Crippen LogP contribution in [0.1, 0.15) is 49.4 Å². The zero-order valence-electron chi connectivity index (χ0n) is 18.2. The van der Waals surface area contributed by atoms with E-state index in [1.165, 1.54) is 23.3 Å². The van der Waals surface area contributed by atoms with Crippen molar-refractivity contribution >= 4 is 17.6 Å². The van der Waals surface area contributed by atoms with Gasteiger partial charge in [-0.05, 0) is 35.2 Å². The van der Waals surface area contributed by atoms with Crippen molar-refractivity contribution in [2.45, 2.75) is 56.8 Å². The molecule has 1 aliphatic carbocycles. The number of anilines is 1. The highest BCUT2D eigenvalue weighted by molar-refractivity contribution is 5.81. The van der Waals surface area contributed by atoms with Gasteiger partial charge in [0.15, 0.2) is 6.04 Å². The van der Waals surface area contributed by atoms with Crippen molar-refractivity contribution in [2.24, 2.45) is 0 Å². The lowest BCUT2D eigenvalue weighted by molar-refractivity contribution is -0.189. The van der Waals surface area contributed by atoms with Gasteiger partial charge in [-0.25, -0.2) is 0 Å². The fraction of sp³-hybridized carbons (Fsp3) is 0.417. The Hall–Kier alpha value is -3.03. The number of nitrogens with zero attached hydrogens (tertiary/aromatic N) is 1. The van der Waals surface area contributed by atoms with E-state index in [-0.39, 0.29) is 17.0 Å². The quantitative estimate of drug-likeness (QED) is 0.630. The van der Waals surface area contributed by atoms with Crippen LogP contribution in [-0.4, -0.2) is 41.1 Å². The molecule has 1 aliphatic rings. The van der Waals surface area contributed by atoms with E-state index < -0.39 is 36.9 Å². The van der Waals surface area contributed by atoms with E-state index in [2.05, 4.69) is 31.3 Å². The Morgan fingerprint density at radius 1 is 1.12 bits per heavy atom. The van der Waals surface area contributed by atoms with Gasteiger partial charge in [-0.15, -0.1) is 0 Å². The fourth-order valence-electron chi connectivity index (χ4n) is 4.35. The van der Waals surface area contributed by atoms with Gasteiger partial charge in [0, 0.05) is 30.6 Å². The second kappa shape index (κ2) is 8.84. The van der Waals surface area contributed by atoms with Gasteiger partial charge in [0.05, 0.1) is 6.42 Å². The number of nitrogens with one attached hydrogen (secondary N) is 1. The smallest absolute Gasteiger partial charge is 0.413 e. The van der Waals surface area contributed by atoms with Gasteiger partial charge in [-0.2, -0.15) is 13.2 Å². The summed E-state index contributed by atoms with van der Waals surface area (Å²) < 4.78 is 41.3. The van der Waals surface area contributed by atoms with Crippen molar-refractivity contribution < 1.29 is 27.9 Å². The molecule has 8 heteroatoms. The lowest BCUT2D eigenvalue weighted by Crippen LogP contribution is -2.40. The summed E-state index contributed by atoms with van der Waals surface area (Å²) in [5.41, 5.74) is 2.99. The fourth-order valence-corrected chi connectivity index (χ4v) is 4.35. The molecule has 0 saturated heterocycles. The molecule has 0 aromatic heterocycles. The summed E-state index contributed by atoms with van der Waals surface area (Å²) in [6.07, 6.45) is -4.89. The minimum atomic E-state index is -4.70. The standard InChI is InChI=1S/C24H27F3N2O3/c1-23(2)18-7-5-4-6-16(18)14-19(23)28-17-10-8-15(9-11-17)22(24(25,26)27)29(3)20(30)12-13-21(31)32/h4-11,19,22,28H,12-14H2,1-3H3,(H,31,32). The maximum absolute atomic E-state index is 13.8. The minimum absolute atomic E-state index is 0.0804. The molecule has 172 valence electrons. The van der Waals surface area contributed by atoms with Crippen molar-refractivity contribution in [3.05, 3.63) is 65.2 Å². The lowest BCUT2D eigenvalue weighted by atomic mass is 9.83. The number of carboxylic acids is 1. The molecular formula is C24H27F3N2O3. The molecule has 3 rings (SSSR count). The first-order valence-electron chi connectivity index (χ1n) is 10.4. The molecule has 0 aliphatic heterocycles. The first-order valence-corrected chi connectivity index (χ1v) is 10.4. The molecule has 5 nitrogen and oxygen atoms in total. The molecule has 0 saturated carbocycles. The Kier molecular flexibility index (Phi) is 6.53. The van der Waals surface area contributed by atoms with Crippen LogP contribution in [0.15, 0.2) is 48.5 Å². The summed E-state index contributed by atoms with van der Waals surface area (Å²) in [5.74, 6) is -2.11. The molecule has 1 amide bonds. The Morgan fingerprint density at radius 3 is 2.31 bits per heavy atom. The molecule has 0 fully saturated rings. The molecule has 0 spiro atoms. The van der Waals surface area contributed by atoms with Gasteiger partial charge in [-0.1, -0.05) is 50.2 Å². The summed E-state index contributed by atoms with van der Waals surface area (Å²) in [6.45, 7) is 4.28. The number of carboxylic acid groups (broad SMARTS) is 1. The number of amides is 1. The van der Waals surface area contributed by atoms with Crippen LogP contribution < -0.4 is 5.32 Å². The van der Waals surface area contributed by atoms with E-state index in [0.29, 0.717) is 10.6 Å². The topological polar surface area (TPSA) is 69.6 Å². The van der Waals surface area contributed by atoms with Crippen molar-refractivity contribution in [3.63, 3.8) is 0 Å². The number of carbonyl (C=O) groups excluding carboxylic acids is 1. The summed E-state index contributed by atoms with van der Waals surface area (Å²) in [5, 5.41) is 12.1. The van der Waals surface area contributed by atoms with Crippen LogP contribution in [-0.2, 0) is 21.4 Å². The van der Waals surface area contributed by atoms with E-state index in [4.69, 9.17) is 5.11 Å². The van der Waals surface area contributed by atoms with E-state index in [1.807, 2.05) is 12.1 Å². The van der Waals surface area contributed by atoms with Gasteiger partial charge in [0.2, 0.25) is 5.91 Å². The van der Waals surface area contributed by atoms with Crippen LogP contribution in [0.4, 0.5) is 18.9 Å². The number of hydrogen-bond acceptors (Lipinski definition) is 3. The highest BCUT2D eigenvalue weighted by atomic mass is 19.4. The van der Waals surface area contributed by atoms with Gasteiger partial charge >= 0.3 is 12.1 Å². The molecule has 2 unspecified atom stereocenters. The SMILES string of the molecule is CN(C(=O)CCC(=O)O)C(c1ccc(NC2Cc3ccccc3C2(C)C)cc1)C(F)(F)F. The van der Waals surface area contributed by atoms with Gasteiger partial charge < -0.3 is 15.3 Å². The third-order valence-electron chi connectivity index (χ3n) is 6.22. The van der Waals surface area contributed by atoms with Crippen LogP contribution in [0.25, 0.3) is 0 Å². The highest BCUT2D eigenvalue weighted by Crippen LogP contribution is 2.41. The monoisotopic (exact) mass is 448 g/mol. The number of carbonyl (C=O) groups is 2. The second-order valence-electron chi connectivity index (χ2n) is 8.74. The summed E-state index contributed by atoms with van der Waals surface area (Å²) in [4.78, 5) is 23.4. The average Bonchev–Trinajstić information content (AvgIpc) is 2.96. The normalized spacial score (nSPS) is 18.0. The third kappa shape index (κ3) is 4.89. The van der Waals surface area contributed by atoms with E-state index >= 15 is 0 Å². The average molecular weight is 448 g/mol. The number of benzene rings is 2. The van der Waals surface area contributed by atoms with Gasteiger partial charge in [0.1, 0.15) is 0 Å². The zero-order chi connectivity index (χ0) is 23.7. The summed E-state index contributed by atoms with van der Waals surface area (Å²) in [7, 11) is 1.05. The number of rotatable bonds is 7. The Labute approximate surface area is 185 Å². The molecule has 0 radical (unpaired) electrons. The lowest BCUT2D eigenvalue weighted by Gasteiger charge is -2.31. The number of fused-ring (bicyclic) bond motifs is 1. The zero-order valence-corrected chi connectivity index (χ0v) is 18.2. The predicted molar refractivity (Wildman–Crippen MR) is 115 cm³/mol. The molecule has 2 atom stereocenters. The molecule has 0 heterocycles. The van der Waals surface area contributed by atoms with E-state index in [0.717, 1.165) is 13.5 Å². The Bertz CT molecular complexity index is 987. The molecule has 0 bridgehead atoms. The minimum Gasteiger partial charge on any atom is -0.481 e. The van der Waals surface area contributed by atoms with Crippen LogP contribution in [0.3, 0.4) is 0 Å². The molecule has 2 aromatic carbocycles. The number of halogens is 3. The largest absolute Gasteiger partial charge is 0.481 e. The summed E-state index contributed by atoms with van der Waals surface area (Å²) >= 11 is 0. The molecule has 2 N–H and O–H groups in total. The predicted octanol–water partition coefficient (Wildman–Crippen LogP) is 4.93. The van der Waals surface area contributed by atoms with Crippen LogP contribution >= 0.6 is 0 Å². The summed E-state index contributed by atoms with van der Waals surface area (Å²) in [6, 6.07) is 12.0. The maximum atomic E-state index is 13.8. The van der Waals surface area contributed by atoms with E-state index in [1.54, 1.807) is 12.1 Å². The Balaban J connectivity index is 1.77. The first-order chi connectivity index (χ1) is 14.9. The van der Waals surface area contributed by atoms with Crippen LogP contribution in [0, 0.1) is 0 Å². The number of alkyl halides is 3. The van der Waals surface area contributed by atoms with Gasteiger partial charge in [-0.3, -0.25) is 9.59 Å². The highest BCUT2D eigenvalue weighted by Gasteiger charge is 2.45. The Morgan fingerprint density at radius 2 is 1.75 bits per heavy atom. The van der Waals surface area contributed by atoms with Crippen molar-refractivity contribution in [3.8, 4) is 0 Å².